The van der Waals surface area contributed by atoms with Crippen molar-refractivity contribution in [2.24, 2.45) is 0 Å². The molecule has 0 fully saturated rings. The van der Waals surface area contributed by atoms with Gasteiger partial charge in [0.15, 0.2) is 0 Å². The molecule has 41 heavy (non-hydrogen) atoms. The van der Waals surface area contributed by atoms with Crippen LogP contribution >= 0.6 is 11.3 Å². The van der Waals surface area contributed by atoms with Crippen LogP contribution in [0.4, 0.5) is 0 Å². The van der Waals surface area contributed by atoms with E-state index in [1.54, 1.807) is 0 Å². The molecule has 7 aromatic rings. The summed E-state index contributed by atoms with van der Waals surface area (Å²) >= 11 is 1.81. The van der Waals surface area contributed by atoms with Crippen molar-refractivity contribution in [3.05, 3.63) is 163 Å². The first-order valence-electron chi connectivity index (χ1n) is 13.4. The third kappa shape index (κ3) is 6.09. The van der Waals surface area contributed by atoms with Gasteiger partial charge >= 0.3 is 20.1 Å². The molecule has 200 valence electrons. The van der Waals surface area contributed by atoms with Crippen LogP contribution in [0, 0.1) is 18.2 Å². The standard InChI is InChI=1S/C21H18.C17H10NS.Ir/c1-21(2,19-13-7-4-8-14-19)20-15-9-12-18(16-20)17-10-5-3-6-11-17;1-2-10-16-12(6-1)13-7-5-8-14(17(13)19-16)15-9-3-4-11-18-15;/h3-10,13-16H,1-2H3;1-7,9-11H;/q-2;-1;+3. The van der Waals surface area contributed by atoms with Crippen LogP contribution in [0.3, 0.4) is 0 Å². The fourth-order valence-corrected chi connectivity index (χ4v) is 6.19. The average Bonchev–Trinajstić information content (AvgIpc) is 3.42. The second-order valence-electron chi connectivity index (χ2n) is 10.2. The van der Waals surface area contributed by atoms with E-state index < -0.39 is 0 Å². The van der Waals surface area contributed by atoms with Crippen molar-refractivity contribution in [2.75, 3.05) is 0 Å². The topological polar surface area (TPSA) is 12.9 Å². The molecule has 2 aromatic heterocycles. The molecule has 7 rings (SSSR count). The van der Waals surface area contributed by atoms with Crippen molar-refractivity contribution < 1.29 is 20.1 Å². The summed E-state index contributed by atoms with van der Waals surface area (Å²) in [7, 11) is 0. The van der Waals surface area contributed by atoms with Crippen molar-refractivity contribution in [3.63, 3.8) is 0 Å². The van der Waals surface area contributed by atoms with Gasteiger partial charge in [0.05, 0.1) is 0 Å². The second kappa shape index (κ2) is 12.7. The van der Waals surface area contributed by atoms with Crippen molar-refractivity contribution in [1.29, 1.82) is 0 Å². The van der Waals surface area contributed by atoms with Crippen LogP contribution in [0.2, 0.25) is 0 Å². The van der Waals surface area contributed by atoms with Gasteiger partial charge in [-0.05, 0) is 38.9 Å². The third-order valence-electron chi connectivity index (χ3n) is 7.28. The minimum atomic E-state index is -0.0279. The monoisotopic (exact) mass is 723 g/mol. The fourth-order valence-electron chi connectivity index (χ4n) is 4.98. The molecule has 2 heterocycles. The number of rotatable bonds is 4. The first-order valence-corrected chi connectivity index (χ1v) is 14.2. The van der Waals surface area contributed by atoms with Gasteiger partial charge in [-0.15, -0.1) is 41.5 Å². The summed E-state index contributed by atoms with van der Waals surface area (Å²) in [5.74, 6) is 0. The van der Waals surface area contributed by atoms with Crippen LogP contribution in [0.25, 0.3) is 42.6 Å². The minimum absolute atomic E-state index is 0. The van der Waals surface area contributed by atoms with Crippen LogP contribution < -0.4 is 0 Å². The zero-order valence-electron chi connectivity index (χ0n) is 22.9. The van der Waals surface area contributed by atoms with Crippen molar-refractivity contribution >= 4 is 31.5 Å². The number of hydrogen-bond donors (Lipinski definition) is 0. The smallest absolute Gasteiger partial charge is 0.305 e. The molecule has 0 aliphatic heterocycles. The maximum atomic E-state index is 4.44. The number of pyridine rings is 1. The van der Waals surface area contributed by atoms with Crippen LogP contribution in [-0.4, -0.2) is 4.98 Å². The number of fused-ring (bicyclic) bond motifs is 3. The Labute approximate surface area is 259 Å². The van der Waals surface area contributed by atoms with Crippen LogP contribution in [0.5, 0.6) is 0 Å². The van der Waals surface area contributed by atoms with Crippen molar-refractivity contribution in [1.82, 2.24) is 4.98 Å². The van der Waals surface area contributed by atoms with E-state index in [0.29, 0.717) is 0 Å². The van der Waals surface area contributed by atoms with E-state index in [4.69, 9.17) is 0 Å². The largest absolute Gasteiger partial charge is 3.00 e. The van der Waals surface area contributed by atoms with Gasteiger partial charge in [0.1, 0.15) is 0 Å². The maximum Gasteiger partial charge on any atom is 3.00 e. The van der Waals surface area contributed by atoms with Crippen molar-refractivity contribution in [2.45, 2.75) is 19.3 Å². The first kappa shape index (κ1) is 28.6. The van der Waals surface area contributed by atoms with Crippen LogP contribution in [0.1, 0.15) is 25.0 Å². The predicted octanol–water partition coefficient (Wildman–Crippen LogP) is 10.2. The summed E-state index contributed by atoms with van der Waals surface area (Å²) < 4.78 is 2.58. The molecule has 0 amide bonds. The summed E-state index contributed by atoms with van der Waals surface area (Å²) in [4.78, 5) is 4.44. The molecule has 0 aliphatic rings. The second-order valence-corrected chi connectivity index (χ2v) is 11.2. The van der Waals surface area contributed by atoms with Crippen LogP contribution in [0.15, 0.2) is 134 Å². The number of hydrogen-bond acceptors (Lipinski definition) is 2. The Morgan fingerprint density at radius 2 is 1.34 bits per heavy atom. The molecule has 0 saturated carbocycles. The Morgan fingerprint density at radius 1 is 0.610 bits per heavy atom. The van der Waals surface area contributed by atoms with E-state index in [9.17, 15) is 0 Å². The van der Waals surface area contributed by atoms with Gasteiger partial charge in [-0.25, -0.2) is 11.1 Å². The summed E-state index contributed by atoms with van der Waals surface area (Å²) in [6, 6.07) is 53.6. The summed E-state index contributed by atoms with van der Waals surface area (Å²) in [6.07, 6.45) is 1.83. The van der Waals surface area contributed by atoms with Gasteiger partial charge in [0.2, 0.25) is 0 Å². The zero-order valence-corrected chi connectivity index (χ0v) is 26.1. The van der Waals surface area contributed by atoms with E-state index >= 15 is 0 Å². The van der Waals surface area contributed by atoms with Crippen molar-refractivity contribution in [3.8, 4) is 22.4 Å². The molecule has 0 aliphatic carbocycles. The molecule has 0 atom stereocenters. The third-order valence-corrected chi connectivity index (χ3v) is 8.48. The van der Waals surface area contributed by atoms with Gasteiger partial charge < -0.3 is 4.98 Å². The molecule has 3 heteroatoms. The Hall–Kier alpha value is -3.88. The number of aromatic nitrogens is 1. The van der Waals surface area contributed by atoms with Gasteiger partial charge in [-0.1, -0.05) is 79.9 Å². The quantitative estimate of drug-likeness (QED) is 0.165. The minimum Gasteiger partial charge on any atom is -0.305 e. The SMILES string of the molecule is CC(C)(c1ccccc1)c1cc[c-]c(-c2[c-]cccc2)c1.[Ir+3].[c-]1ccc2c(sc3ccccc32)c1-c1ccccn1. The van der Waals surface area contributed by atoms with E-state index in [-0.39, 0.29) is 25.5 Å². The maximum absolute atomic E-state index is 4.44. The summed E-state index contributed by atoms with van der Waals surface area (Å²) in [6.45, 7) is 4.52. The summed E-state index contributed by atoms with van der Waals surface area (Å²) in [5.41, 5.74) is 6.85. The molecule has 0 saturated heterocycles. The molecule has 1 nitrogen and oxygen atoms in total. The Bertz CT molecular complexity index is 1860. The molecule has 0 bridgehead atoms. The average molecular weight is 723 g/mol. The predicted molar refractivity (Wildman–Crippen MR) is 170 cm³/mol. The van der Waals surface area contributed by atoms with Gasteiger partial charge in [-0.2, -0.15) is 53.8 Å². The van der Waals surface area contributed by atoms with E-state index in [2.05, 4.69) is 116 Å². The molecule has 0 radical (unpaired) electrons. The molecule has 5 aromatic carbocycles. The Morgan fingerprint density at radius 3 is 2.12 bits per heavy atom. The first-order chi connectivity index (χ1) is 19.6. The Balaban J connectivity index is 0.000000161. The molecule has 0 N–H and O–H groups in total. The number of nitrogens with zero attached hydrogens (tertiary/aromatic N) is 1. The Kier molecular flexibility index (Phi) is 8.90. The van der Waals surface area contributed by atoms with E-state index in [1.807, 2.05) is 66.1 Å². The molecular formula is C38H28IrNS. The van der Waals surface area contributed by atoms with E-state index in [1.165, 1.54) is 31.3 Å². The normalized spacial score (nSPS) is 11.0. The van der Waals surface area contributed by atoms with Gasteiger partial charge in [-0.3, -0.25) is 0 Å². The van der Waals surface area contributed by atoms with Gasteiger partial charge in [0, 0.05) is 10.9 Å². The molecule has 0 spiro atoms. The van der Waals surface area contributed by atoms with Gasteiger partial charge in [0.25, 0.3) is 0 Å². The van der Waals surface area contributed by atoms with Crippen LogP contribution in [-0.2, 0) is 25.5 Å². The summed E-state index contributed by atoms with van der Waals surface area (Å²) in [5, 5.41) is 2.61. The molecular weight excluding hydrogens is 695 g/mol. The zero-order chi connectivity index (χ0) is 27.4. The number of benzene rings is 5. The van der Waals surface area contributed by atoms with E-state index in [0.717, 1.165) is 22.4 Å². The number of thiophene rings is 1. The molecule has 0 unspecified atom stereocenters. The fraction of sp³-hybridized carbons (Fsp3) is 0.0789.